The molecule has 0 unspecified atom stereocenters. The Bertz CT molecular complexity index is 525. The topological polar surface area (TPSA) is 84.3 Å². The smallest absolute Gasteiger partial charge is 0.337 e. The highest BCUT2D eigenvalue weighted by Gasteiger charge is 2.09. The van der Waals surface area contributed by atoms with Crippen molar-refractivity contribution in [1.82, 2.24) is 4.98 Å². The van der Waals surface area contributed by atoms with E-state index in [-0.39, 0.29) is 11.3 Å². The predicted octanol–water partition coefficient (Wildman–Crippen LogP) is 1.22. The van der Waals surface area contributed by atoms with Crippen molar-refractivity contribution < 1.29 is 18.3 Å². The maximum atomic E-state index is 10.9. The molecule has 5 nitrogen and oxygen atoms in total. The van der Waals surface area contributed by atoms with Crippen molar-refractivity contribution in [1.29, 1.82) is 0 Å². The minimum absolute atomic E-state index is 0.0824. The molecule has 0 bridgehead atoms. The van der Waals surface area contributed by atoms with Gasteiger partial charge >= 0.3 is 5.97 Å². The number of carboxylic acids is 1. The lowest BCUT2D eigenvalue weighted by molar-refractivity contribution is 0.0695. The molecule has 94 valence electrons. The number of sulfone groups is 1. The molecule has 0 radical (unpaired) electrons. The zero-order chi connectivity index (χ0) is 13.1. The summed E-state index contributed by atoms with van der Waals surface area (Å²) in [5.41, 5.74) is 0.597. The molecule has 0 aliphatic rings. The van der Waals surface area contributed by atoms with Gasteiger partial charge < -0.3 is 5.11 Å². The Morgan fingerprint density at radius 3 is 2.59 bits per heavy atom. The number of carboxylic acid groups (broad SMARTS) is 1. The summed E-state index contributed by atoms with van der Waals surface area (Å²) >= 11 is 1.30. The minimum atomic E-state index is -2.97. The van der Waals surface area contributed by atoms with Gasteiger partial charge in [-0.1, -0.05) is 0 Å². The van der Waals surface area contributed by atoms with Crippen LogP contribution in [0.15, 0.2) is 17.2 Å². The lowest BCUT2D eigenvalue weighted by atomic mass is 10.2. The van der Waals surface area contributed by atoms with Gasteiger partial charge in [-0.05, 0) is 19.1 Å². The Labute approximate surface area is 104 Å². The van der Waals surface area contributed by atoms with Crippen molar-refractivity contribution in [3.05, 3.63) is 23.4 Å². The molecular weight excluding hydrogens is 262 g/mol. The first kappa shape index (κ1) is 14.0. The molecule has 0 amide bonds. The van der Waals surface area contributed by atoms with Crippen molar-refractivity contribution >= 4 is 27.6 Å². The van der Waals surface area contributed by atoms with Crippen LogP contribution in [-0.4, -0.2) is 42.2 Å². The van der Waals surface area contributed by atoms with E-state index in [0.29, 0.717) is 16.5 Å². The van der Waals surface area contributed by atoms with Gasteiger partial charge in [-0.15, -0.1) is 11.8 Å². The van der Waals surface area contributed by atoms with Crippen LogP contribution in [0.2, 0.25) is 0 Å². The number of pyridine rings is 1. The van der Waals surface area contributed by atoms with Gasteiger partial charge in [-0.2, -0.15) is 0 Å². The third kappa shape index (κ3) is 4.74. The molecule has 1 rings (SSSR count). The van der Waals surface area contributed by atoms with E-state index in [0.717, 1.165) is 0 Å². The van der Waals surface area contributed by atoms with Gasteiger partial charge in [-0.25, -0.2) is 18.2 Å². The Morgan fingerprint density at radius 1 is 1.47 bits per heavy atom. The van der Waals surface area contributed by atoms with Crippen LogP contribution in [-0.2, 0) is 9.84 Å². The fourth-order valence-electron chi connectivity index (χ4n) is 1.14. The summed E-state index contributed by atoms with van der Waals surface area (Å²) in [6, 6.07) is 3.07. The second-order valence-corrected chi connectivity index (χ2v) is 6.94. The molecule has 1 N–H and O–H groups in total. The number of rotatable bonds is 5. The van der Waals surface area contributed by atoms with Gasteiger partial charge in [0.25, 0.3) is 0 Å². The summed E-state index contributed by atoms with van der Waals surface area (Å²) in [4.78, 5) is 14.9. The second-order valence-electron chi connectivity index (χ2n) is 3.57. The number of hydrogen-bond acceptors (Lipinski definition) is 5. The summed E-state index contributed by atoms with van der Waals surface area (Å²) < 4.78 is 21.8. The number of aryl methyl sites for hydroxylation is 1. The molecule has 0 aliphatic carbocycles. The molecule has 0 saturated carbocycles. The average Bonchev–Trinajstić information content (AvgIpc) is 2.15. The number of nitrogens with zero attached hydrogens (tertiary/aromatic N) is 1. The van der Waals surface area contributed by atoms with E-state index in [1.54, 1.807) is 13.0 Å². The van der Waals surface area contributed by atoms with Crippen LogP contribution < -0.4 is 0 Å². The minimum Gasteiger partial charge on any atom is -0.478 e. The summed E-state index contributed by atoms with van der Waals surface area (Å²) in [5, 5.41) is 9.45. The van der Waals surface area contributed by atoms with Crippen LogP contribution in [0, 0.1) is 6.92 Å². The fourth-order valence-corrected chi connectivity index (χ4v) is 3.26. The van der Waals surface area contributed by atoms with Crippen LogP contribution >= 0.6 is 11.8 Å². The highest BCUT2D eigenvalue weighted by molar-refractivity contribution is 8.00. The van der Waals surface area contributed by atoms with Crippen LogP contribution in [0.5, 0.6) is 0 Å². The van der Waals surface area contributed by atoms with Gasteiger partial charge in [0, 0.05) is 12.0 Å². The van der Waals surface area contributed by atoms with Crippen LogP contribution in [0.25, 0.3) is 0 Å². The molecule has 1 aromatic heterocycles. The summed E-state index contributed by atoms with van der Waals surface area (Å²) in [6.07, 6.45) is 1.18. The third-order valence-electron chi connectivity index (χ3n) is 1.99. The van der Waals surface area contributed by atoms with Crippen molar-refractivity contribution in [2.24, 2.45) is 0 Å². The Kier molecular flexibility index (Phi) is 4.53. The van der Waals surface area contributed by atoms with Gasteiger partial charge in [0.05, 0.1) is 22.0 Å². The van der Waals surface area contributed by atoms with Gasteiger partial charge in [0.2, 0.25) is 0 Å². The molecule has 7 heteroatoms. The molecule has 0 fully saturated rings. The van der Waals surface area contributed by atoms with Crippen LogP contribution in [0.1, 0.15) is 16.1 Å². The van der Waals surface area contributed by atoms with E-state index < -0.39 is 15.8 Å². The zero-order valence-corrected chi connectivity index (χ0v) is 11.1. The van der Waals surface area contributed by atoms with E-state index in [2.05, 4.69) is 4.98 Å². The zero-order valence-electron chi connectivity index (χ0n) is 9.50. The lowest BCUT2D eigenvalue weighted by Crippen LogP contribution is -2.06. The first-order chi connectivity index (χ1) is 7.79. The maximum Gasteiger partial charge on any atom is 0.337 e. The standard InChI is InChI=1S/C10H13NO4S2/c1-7-8(10(12)13)3-4-9(11-7)16-5-6-17(2,14)15/h3-4H,5-6H2,1-2H3,(H,12,13). The molecule has 1 aromatic rings. The third-order valence-corrected chi connectivity index (χ3v) is 4.13. The molecular formula is C10H13NO4S2. The average molecular weight is 275 g/mol. The molecule has 0 saturated heterocycles. The van der Waals surface area contributed by atoms with Crippen LogP contribution in [0.4, 0.5) is 0 Å². The molecule has 17 heavy (non-hydrogen) atoms. The number of thioether (sulfide) groups is 1. The molecule has 0 aromatic carbocycles. The predicted molar refractivity (Wildman–Crippen MR) is 66.4 cm³/mol. The van der Waals surface area contributed by atoms with E-state index in [4.69, 9.17) is 5.11 Å². The number of hydrogen-bond donors (Lipinski definition) is 1. The highest BCUT2D eigenvalue weighted by Crippen LogP contribution is 2.17. The molecule has 1 heterocycles. The first-order valence-electron chi connectivity index (χ1n) is 4.81. The Hall–Kier alpha value is -1.08. The summed E-state index contributed by atoms with van der Waals surface area (Å²) in [6.45, 7) is 1.62. The summed E-state index contributed by atoms with van der Waals surface area (Å²) in [5.74, 6) is -0.515. The number of carbonyl (C=O) groups is 1. The van der Waals surface area contributed by atoms with Crippen molar-refractivity contribution in [2.45, 2.75) is 11.9 Å². The van der Waals surface area contributed by atoms with Gasteiger partial charge in [-0.3, -0.25) is 0 Å². The lowest BCUT2D eigenvalue weighted by Gasteiger charge is -2.03. The van der Waals surface area contributed by atoms with Gasteiger partial charge in [0.15, 0.2) is 0 Å². The molecule has 0 aliphatic heterocycles. The summed E-state index contributed by atoms with van der Waals surface area (Å²) in [7, 11) is -2.97. The van der Waals surface area contributed by atoms with E-state index in [1.165, 1.54) is 24.1 Å². The largest absolute Gasteiger partial charge is 0.478 e. The highest BCUT2D eigenvalue weighted by atomic mass is 32.2. The second kappa shape index (κ2) is 5.50. The van der Waals surface area contributed by atoms with E-state index in [1.807, 2.05) is 0 Å². The van der Waals surface area contributed by atoms with Crippen molar-refractivity contribution in [2.75, 3.05) is 17.8 Å². The number of aromatic carboxylic acids is 1. The Balaban J connectivity index is 2.68. The monoisotopic (exact) mass is 275 g/mol. The normalized spacial score (nSPS) is 11.4. The fraction of sp³-hybridized carbons (Fsp3) is 0.400. The van der Waals surface area contributed by atoms with Crippen molar-refractivity contribution in [3.63, 3.8) is 0 Å². The van der Waals surface area contributed by atoms with E-state index in [9.17, 15) is 13.2 Å². The SMILES string of the molecule is Cc1nc(SCCS(C)(=O)=O)ccc1C(=O)O. The van der Waals surface area contributed by atoms with Crippen LogP contribution in [0.3, 0.4) is 0 Å². The molecule has 0 atom stereocenters. The Morgan fingerprint density at radius 2 is 2.12 bits per heavy atom. The maximum absolute atomic E-state index is 10.9. The van der Waals surface area contributed by atoms with Crippen molar-refractivity contribution in [3.8, 4) is 0 Å². The van der Waals surface area contributed by atoms with E-state index >= 15 is 0 Å². The first-order valence-corrected chi connectivity index (χ1v) is 7.85. The van der Waals surface area contributed by atoms with Gasteiger partial charge in [0.1, 0.15) is 9.84 Å². The number of aromatic nitrogens is 1. The quantitative estimate of drug-likeness (QED) is 0.813. The molecule has 0 spiro atoms.